The van der Waals surface area contributed by atoms with E-state index in [9.17, 15) is 0 Å². The number of thiophene rings is 1. The van der Waals surface area contributed by atoms with Crippen molar-refractivity contribution in [2.45, 2.75) is 42.7 Å². The normalized spacial score (nSPS) is 23.1. The maximum atomic E-state index is 16.1. The van der Waals surface area contributed by atoms with Gasteiger partial charge in [0.2, 0.25) is 0 Å². The molecule has 1 aromatic heterocycles. The Morgan fingerprint density at radius 3 is 2.39 bits per heavy atom. The molecule has 0 bridgehead atoms. The van der Waals surface area contributed by atoms with Crippen LogP contribution in [0.1, 0.15) is 41.1 Å². The Labute approximate surface area is 238 Å². The maximum Gasteiger partial charge on any atom is 0.322 e. The van der Waals surface area contributed by atoms with Gasteiger partial charge in [0, 0.05) is 31.2 Å². The third kappa shape index (κ3) is 4.74. The molecule has 0 saturated carbocycles. The van der Waals surface area contributed by atoms with Crippen molar-refractivity contribution < 1.29 is 22.0 Å². The van der Waals surface area contributed by atoms with E-state index in [1.54, 1.807) is 19.3 Å². The van der Waals surface area contributed by atoms with Gasteiger partial charge in [-0.1, -0.05) is 106 Å². The molecule has 8 heteroatoms. The lowest BCUT2D eigenvalue weighted by Gasteiger charge is -2.33. The molecule has 0 aliphatic heterocycles. The fraction of sp³-hybridized carbons (Fsp3) is 0.300. The lowest BCUT2D eigenvalue weighted by Crippen LogP contribution is -2.49. The highest BCUT2D eigenvalue weighted by Gasteiger charge is 2.79. The quantitative estimate of drug-likeness (QED) is 0.160. The second-order valence-electron chi connectivity index (χ2n) is 9.67. The van der Waals surface area contributed by atoms with E-state index in [0.717, 1.165) is 11.1 Å². The van der Waals surface area contributed by atoms with E-state index < -0.39 is 52.8 Å². The fourth-order valence-corrected chi connectivity index (χ4v) is 8.25. The van der Waals surface area contributed by atoms with Gasteiger partial charge in [-0.05, 0) is 42.4 Å². The van der Waals surface area contributed by atoms with Crippen molar-refractivity contribution in [3.63, 3.8) is 0 Å². The number of benzene rings is 1. The van der Waals surface area contributed by atoms with Crippen molar-refractivity contribution >= 4 is 64.4 Å². The Kier molecular flexibility index (Phi) is 8.19. The van der Waals surface area contributed by atoms with Crippen molar-refractivity contribution in [2.75, 3.05) is 6.26 Å². The summed E-state index contributed by atoms with van der Waals surface area (Å²) in [6.07, 6.45) is 13.5. The number of rotatable bonds is 7. The SMILES string of the molecule is C=IC1(F)C(F)(F)C(c2cc(C3=CCC=CC=C3)sc2C)=C(C(C)(C)/C=C(\SC)c2ccccc2)C1(F)F. The molecule has 1 atom stereocenters. The number of hydrogen-bond donors (Lipinski definition) is 0. The lowest BCUT2D eigenvalue weighted by atomic mass is 9.78. The smallest absolute Gasteiger partial charge is 0.218 e. The van der Waals surface area contributed by atoms with E-state index >= 15 is 22.0 Å². The van der Waals surface area contributed by atoms with E-state index in [0.29, 0.717) is 21.1 Å². The van der Waals surface area contributed by atoms with Crippen LogP contribution in [0.25, 0.3) is 16.1 Å². The first-order valence-corrected chi connectivity index (χ1v) is 16.5. The summed E-state index contributed by atoms with van der Waals surface area (Å²) in [5, 5.41) is 0. The van der Waals surface area contributed by atoms with Gasteiger partial charge < -0.3 is 0 Å². The van der Waals surface area contributed by atoms with Gasteiger partial charge in [-0.15, -0.1) is 23.1 Å². The van der Waals surface area contributed by atoms with Crippen molar-refractivity contribution in [1.82, 2.24) is 0 Å². The first-order chi connectivity index (χ1) is 17.8. The molecule has 0 N–H and O–H groups in total. The third-order valence-corrected chi connectivity index (χ3v) is 11.0. The molecule has 1 heterocycles. The van der Waals surface area contributed by atoms with Gasteiger partial charge in [-0.2, -0.15) is 17.6 Å². The summed E-state index contributed by atoms with van der Waals surface area (Å²) in [5.74, 6) is -8.81. The highest BCUT2D eigenvalue weighted by molar-refractivity contribution is 14.2. The van der Waals surface area contributed by atoms with Crippen molar-refractivity contribution in [3.8, 4) is 0 Å². The molecule has 1 aromatic carbocycles. The van der Waals surface area contributed by atoms with Crippen LogP contribution in [0.3, 0.4) is 0 Å². The van der Waals surface area contributed by atoms with E-state index in [4.69, 9.17) is 0 Å². The van der Waals surface area contributed by atoms with Gasteiger partial charge in [-0.25, -0.2) is 4.39 Å². The number of alkyl halides is 6. The molecule has 0 radical (unpaired) electrons. The van der Waals surface area contributed by atoms with Crippen molar-refractivity contribution in [2.24, 2.45) is 5.41 Å². The van der Waals surface area contributed by atoms with Gasteiger partial charge in [0.1, 0.15) is 0 Å². The van der Waals surface area contributed by atoms with E-state index in [2.05, 4.69) is 4.51 Å². The minimum atomic E-state index is -4.41. The highest BCUT2D eigenvalue weighted by atomic mass is 127. The number of allylic oxidation sites excluding steroid dienone is 9. The fourth-order valence-electron chi connectivity index (χ4n) is 4.92. The van der Waals surface area contributed by atoms with Crippen molar-refractivity contribution in [3.05, 3.63) is 99.3 Å². The molecule has 202 valence electrons. The number of halogens is 6. The largest absolute Gasteiger partial charge is 0.322 e. The molecule has 0 nitrogen and oxygen atoms in total. The predicted octanol–water partition coefficient (Wildman–Crippen LogP) is 10.5. The monoisotopic (exact) mass is 674 g/mol. The summed E-state index contributed by atoms with van der Waals surface area (Å²) in [6.45, 7) is 4.55. The van der Waals surface area contributed by atoms with Crippen LogP contribution in [0.4, 0.5) is 22.0 Å². The summed E-state index contributed by atoms with van der Waals surface area (Å²) in [5.41, 5.74) is -1.81. The average molecular weight is 675 g/mol. The van der Waals surface area contributed by atoms with Crippen LogP contribution < -0.4 is 0 Å². The average Bonchev–Trinajstić information content (AvgIpc) is 3.13. The molecule has 0 saturated heterocycles. The molecule has 38 heavy (non-hydrogen) atoms. The van der Waals surface area contributed by atoms with Crippen LogP contribution in [0.2, 0.25) is 0 Å². The van der Waals surface area contributed by atoms with Crippen LogP contribution in [-0.4, -0.2) is 26.3 Å². The minimum Gasteiger partial charge on any atom is -0.218 e. The van der Waals surface area contributed by atoms with Gasteiger partial charge in [0.15, 0.2) is 0 Å². The highest BCUT2D eigenvalue weighted by Crippen LogP contribution is 2.69. The Morgan fingerprint density at radius 2 is 1.76 bits per heavy atom. The molecule has 0 amide bonds. The van der Waals surface area contributed by atoms with Gasteiger partial charge in [0.05, 0.1) is 0 Å². The Morgan fingerprint density at radius 1 is 1.08 bits per heavy atom. The van der Waals surface area contributed by atoms with Crippen LogP contribution >= 0.6 is 43.8 Å². The van der Waals surface area contributed by atoms with Crippen LogP contribution in [-0.2, 0) is 0 Å². The Hall–Kier alpha value is -1.78. The van der Waals surface area contributed by atoms with Gasteiger partial charge in [-0.3, -0.25) is 0 Å². The first-order valence-electron chi connectivity index (χ1n) is 11.9. The molecule has 1 unspecified atom stereocenters. The molecule has 0 spiro atoms. The van der Waals surface area contributed by atoms with Crippen LogP contribution in [0, 0.1) is 12.3 Å². The van der Waals surface area contributed by atoms with Gasteiger partial charge in [0.25, 0.3) is 3.68 Å². The molecule has 2 aliphatic rings. The molecular formula is C30H28F5IS2. The van der Waals surface area contributed by atoms with Crippen LogP contribution in [0.15, 0.2) is 78.4 Å². The number of hydrogen-bond acceptors (Lipinski definition) is 2. The van der Waals surface area contributed by atoms with Crippen LogP contribution in [0.5, 0.6) is 0 Å². The molecular weight excluding hydrogens is 646 g/mol. The van der Waals surface area contributed by atoms with E-state index in [-0.39, 0.29) is 5.56 Å². The second-order valence-corrected chi connectivity index (χ2v) is 14.0. The molecule has 2 aromatic rings. The summed E-state index contributed by atoms with van der Waals surface area (Å²) in [4.78, 5) is 1.76. The van der Waals surface area contributed by atoms with Gasteiger partial charge >= 0.3 is 11.8 Å². The van der Waals surface area contributed by atoms with E-state index in [1.807, 2.05) is 60.7 Å². The van der Waals surface area contributed by atoms with E-state index in [1.165, 1.54) is 43.0 Å². The topological polar surface area (TPSA) is 0 Å². The summed E-state index contributed by atoms with van der Waals surface area (Å²) < 4.78 is 79.6. The maximum absolute atomic E-state index is 16.1. The molecule has 4 rings (SSSR count). The zero-order valence-corrected chi connectivity index (χ0v) is 25.2. The summed E-state index contributed by atoms with van der Waals surface area (Å²) in [6, 6.07) is 10.6. The first kappa shape index (κ1) is 29.2. The summed E-state index contributed by atoms with van der Waals surface area (Å²) >= 11 is 0.118. The second kappa shape index (κ2) is 10.7. The predicted molar refractivity (Wildman–Crippen MR) is 163 cm³/mol. The zero-order valence-electron chi connectivity index (χ0n) is 21.4. The number of aryl methyl sites for hydroxylation is 1. The molecule has 2 aliphatic carbocycles. The zero-order chi connectivity index (χ0) is 27.9. The standard InChI is InChI=1S/C30H28F5IS2/c1-19-22(17-23(38-19)20-13-9-6-7-10-14-20)25-26(29(33,34)30(35,36-4)28(25,31)32)27(2,3)18-24(37-5)21-15-11-8-12-16-21/h6-9,11-18H,4,10H2,1-3,5H3/b24-18-. The number of thioether (sulfide) groups is 1. The lowest BCUT2D eigenvalue weighted by molar-refractivity contribution is -0.131. The Balaban J connectivity index is 2.00. The Bertz CT molecular complexity index is 1390. The summed E-state index contributed by atoms with van der Waals surface area (Å²) in [7, 11) is 0. The molecule has 0 fully saturated rings. The van der Waals surface area contributed by atoms with Crippen molar-refractivity contribution in [1.29, 1.82) is 0 Å². The minimum absolute atomic E-state index is 0.0277. The third-order valence-electron chi connectivity index (χ3n) is 6.73.